The Balaban J connectivity index is 2.38. The van der Waals surface area contributed by atoms with Gasteiger partial charge in [0.25, 0.3) is 5.69 Å². The molecule has 1 heterocycles. The molecule has 102 valence electrons. The fourth-order valence-corrected chi connectivity index (χ4v) is 2.33. The Morgan fingerprint density at radius 1 is 1.53 bits per heavy atom. The van der Waals surface area contributed by atoms with Crippen LogP contribution in [0.4, 0.5) is 11.4 Å². The van der Waals surface area contributed by atoms with E-state index < -0.39 is 10.8 Å². The van der Waals surface area contributed by atoms with Crippen LogP contribution in [-0.2, 0) is 0 Å². The molecule has 1 amide bonds. The number of nitrogens with two attached hydrogens (primary N) is 2. The summed E-state index contributed by atoms with van der Waals surface area (Å²) >= 11 is 0. The van der Waals surface area contributed by atoms with Crippen molar-refractivity contribution in [3.63, 3.8) is 0 Å². The Hall–Kier alpha value is -2.15. The van der Waals surface area contributed by atoms with Crippen molar-refractivity contribution in [2.24, 2.45) is 17.4 Å². The third-order valence-corrected chi connectivity index (χ3v) is 3.42. The lowest BCUT2D eigenvalue weighted by Gasteiger charge is -2.18. The number of amides is 1. The predicted octanol–water partition coefficient (Wildman–Crippen LogP) is 0.479. The molecule has 0 radical (unpaired) electrons. The van der Waals surface area contributed by atoms with Crippen LogP contribution in [0.1, 0.15) is 16.8 Å². The van der Waals surface area contributed by atoms with Gasteiger partial charge in [0.15, 0.2) is 0 Å². The highest BCUT2D eigenvalue weighted by Crippen LogP contribution is 2.32. The van der Waals surface area contributed by atoms with Crippen molar-refractivity contribution >= 4 is 17.3 Å². The van der Waals surface area contributed by atoms with Gasteiger partial charge in [0.05, 0.1) is 4.92 Å². The van der Waals surface area contributed by atoms with Gasteiger partial charge in [-0.3, -0.25) is 14.9 Å². The number of carbonyl (C=O) groups is 1. The zero-order valence-corrected chi connectivity index (χ0v) is 10.4. The van der Waals surface area contributed by atoms with Crippen LogP contribution in [0.5, 0.6) is 0 Å². The minimum absolute atomic E-state index is 0.0114. The van der Waals surface area contributed by atoms with E-state index in [1.165, 1.54) is 18.2 Å². The maximum atomic E-state index is 11.2. The minimum Gasteiger partial charge on any atom is -0.366 e. The molecule has 19 heavy (non-hydrogen) atoms. The van der Waals surface area contributed by atoms with Crippen molar-refractivity contribution < 1.29 is 9.72 Å². The SMILES string of the molecule is NCC1CCN(c2cc(C(N)=O)ccc2[N+](=O)[O-])C1. The Morgan fingerprint density at radius 2 is 2.26 bits per heavy atom. The van der Waals surface area contributed by atoms with E-state index in [0.717, 1.165) is 6.42 Å². The van der Waals surface area contributed by atoms with Crippen molar-refractivity contribution in [1.82, 2.24) is 0 Å². The molecular formula is C12H16N4O3. The van der Waals surface area contributed by atoms with Gasteiger partial charge in [-0.05, 0) is 31.0 Å². The standard InChI is InChI=1S/C12H16N4O3/c13-6-8-3-4-15(7-8)11-5-9(12(14)17)1-2-10(11)16(18)19/h1-2,5,8H,3-4,6-7,13H2,(H2,14,17). The lowest BCUT2D eigenvalue weighted by molar-refractivity contribution is -0.384. The van der Waals surface area contributed by atoms with E-state index in [1.807, 2.05) is 4.90 Å². The zero-order chi connectivity index (χ0) is 14.0. The molecule has 7 nitrogen and oxygen atoms in total. The van der Waals surface area contributed by atoms with E-state index >= 15 is 0 Å². The topological polar surface area (TPSA) is 115 Å². The van der Waals surface area contributed by atoms with Crippen molar-refractivity contribution in [2.75, 3.05) is 24.5 Å². The Kier molecular flexibility index (Phi) is 3.66. The van der Waals surface area contributed by atoms with Gasteiger partial charge in [-0.2, -0.15) is 0 Å². The Bertz CT molecular complexity index is 518. The summed E-state index contributed by atoms with van der Waals surface area (Å²) < 4.78 is 0. The van der Waals surface area contributed by atoms with Gasteiger partial charge in [0.2, 0.25) is 5.91 Å². The number of primary amides is 1. The quantitative estimate of drug-likeness (QED) is 0.606. The summed E-state index contributed by atoms with van der Waals surface area (Å²) in [6.45, 7) is 1.92. The summed E-state index contributed by atoms with van der Waals surface area (Å²) in [7, 11) is 0. The molecule has 7 heteroatoms. The molecule has 1 fully saturated rings. The van der Waals surface area contributed by atoms with Crippen LogP contribution in [0.25, 0.3) is 0 Å². The Labute approximate surface area is 110 Å². The fraction of sp³-hybridized carbons (Fsp3) is 0.417. The van der Waals surface area contributed by atoms with Crippen LogP contribution in [0, 0.1) is 16.0 Å². The molecule has 0 saturated carbocycles. The van der Waals surface area contributed by atoms with Gasteiger partial charge in [0, 0.05) is 24.7 Å². The van der Waals surface area contributed by atoms with Crippen LogP contribution >= 0.6 is 0 Å². The number of hydrogen-bond acceptors (Lipinski definition) is 5. The number of carbonyl (C=O) groups excluding carboxylic acids is 1. The van der Waals surface area contributed by atoms with Crippen LogP contribution < -0.4 is 16.4 Å². The molecule has 1 aromatic rings. The average Bonchev–Trinajstić information content (AvgIpc) is 2.86. The molecule has 2 rings (SSSR count). The molecule has 0 aromatic heterocycles. The van der Waals surface area contributed by atoms with E-state index in [2.05, 4.69) is 0 Å². The van der Waals surface area contributed by atoms with Crippen molar-refractivity contribution in [1.29, 1.82) is 0 Å². The molecular weight excluding hydrogens is 248 g/mol. The van der Waals surface area contributed by atoms with E-state index in [1.54, 1.807) is 0 Å². The number of nitro benzene ring substituents is 1. The molecule has 0 bridgehead atoms. The molecule has 1 unspecified atom stereocenters. The van der Waals surface area contributed by atoms with Crippen molar-refractivity contribution in [2.45, 2.75) is 6.42 Å². The highest BCUT2D eigenvalue weighted by molar-refractivity contribution is 5.94. The van der Waals surface area contributed by atoms with Crippen LogP contribution in [0.2, 0.25) is 0 Å². The van der Waals surface area contributed by atoms with E-state index in [0.29, 0.717) is 31.2 Å². The Morgan fingerprint density at radius 3 is 2.79 bits per heavy atom. The number of nitrogens with zero attached hydrogens (tertiary/aromatic N) is 2. The van der Waals surface area contributed by atoms with Gasteiger partial charge >= 0.3 is 0 Å². The first kappa shape index (κ1) is 13.3. The highest BCUT2D eigenvalue weighted by atomic mass is 16.6. The number of anilines is 1. The summed E-state index contributed by atoms with van der Waals surface area (Å²) in [6.07, 6.45) is 0.897. The highest BCUT2D eigenvalue weighted by Gasteiger charge is 2.27. The maximum Gasteiger partial charge on any atom is 0.292 e. The maximum absolute atomic E-state index is 11.2. The molecule has 1 atom stereocenters. The predicted molar refractivity (Wildman–Crippen MR) is 71.0 cm³/mol. The first-order valence-electron chi connectivity index (χ1n) is 6.06. The minimum atomic E-state index is -0.592. The van der Waals surface area contributed by atoms with Gasteiger partial charge in [0.1, 0.15) is 5.69 Å². The molecule has 1 saturated heterocycles. The third-order valence-electron chi connectivity index (χ3n) is 3.42. The summed E-state index contributed by atoms with van der Waals surface area (Å²) in [5.41, 5.74) is 11.5. The molecule has 1 aliphatic heterocycles. The van der Waals surface area contributed by atoms with Gasteiger partial charge in [-0.1, -0.05) is 0 Å². The van der Waals surface area contributed by atoms with Gasteiger partial charge < -0.3 is 16.4 Å². The van der Waals surface area contributed by atoms with Gasteiger partial charge in [-0.25, -0.2) is 0 Å². The summed E-state index contributed by atoms with van der Waals surface area (Å²) in [5, 5.41) is 11.0. The summed E-state index contributed by atoms with van der Waals surface area (Å²) in [5.74, 6) is -0.262. The smallest absolute Gasteiger partial charge is 0.292 e. The molecule has 1 aromatic carbocycles. The van der Waals surface area contributed by atoms with E-state index in [-0.39, 0.29) is 11.3 Å². The van der Waals surface area contributed by atoms with Crippen LogP contribution in [0.3, 0.4) is 0 Å². The first-order valence-corrected chi connectivity index (χ1v) is 6.06. The number of nitro groups is 1. The zero-order valence-electron chi connectivity index (χ0n) is 10.4. The van der Waals surface area contributed by atoms with Crippen molar-refractivity contribution in [3.8, 4) is 0 Å². The summed E-state index contributed by atoms with van der Waals surface area (Å²) in [4.78, 5) is 23.7. The third kappa shape index (κ3) is 2.65. The van der Waals surface area contributed by atoms with E-state index in [4.69, 9.17) is 11.5 Å². The van der Waals surface area contributed by atoms with Crippen molar-refractivity contribution in [3.05, 3.63) is 33.9 Å². The lowest BCUT2D eigenvalue weighted by Crippen LogP contribution is -2.24. The number of rotatable bonds is 4. The average molecular weight is 264 g/mol. The molecule has 0 spiro atoms. The second kappa shape index (κ2) is 5.23. The lowest BCUT2D eigenvalue weighted by atomic mass is 10.1. The largest absolute Gasteiger partial charge is 0.366 e. The second-order valence-electron chi connectivity index (χ2n) is 4.66. The van der Waals surface area contributed by atoms with Crippen LogP contribution in [-0.4, -0.2) is 30.5 Å². The van der Waals surface area contributed by atoms with E-state index in [9.17, 15) is 14.9 Å². The van der Waals surface area contributed by atoms with Crippen LogP contribution in [0.15, 0.2) is 18.2 Å². The summed E-state index contributed by atoms with van der Waals surface area (Å²) in [6, 6.07) is 4.19. The molecule has 4 N–H and O–H groups in total. The molecule has 0 aliphatic carbocycles. The fourth-order valence-electron chi connectivity index (χ4n) is 2.33. The normalized spacial score (nSPS) is 18.6. The first-order chi connectivity index (χ1) is 9.02. The number of benzene rings is 1. The van der Waals surface area contributed by atoms with Gasteiger partial charge in [-0.15, -0.1) is 0 Å². The second-order valence-corrected chi connectivity index (χ2v) is 4.66. The number of hydrogen-bond donors (Lipinski definition) is 2. The molecule has 1 aliphatic rings. The monoisotopic (exact) mass is 264 g/mol.